The number of nitrogens with zero attached hydrogens (tertiary/aromatic N) is 2. The lowest BCUT2D eigenvalue weighted by atomic mass is 10.0. The van der Waals surface area contributed by atoms with E-state index in [2.05, 4.69) is 4.98 Å². The number of anilines is 1. The van der Waals surface area contributed by atoms with Crippen molar-refractivity contribution in [2.45, 2.75) is 18.9 Å². The number of carbonyl (C=O) groups excluding carboxylic acids is 1. The van der Waals surface area contributed by atoms with E-state index < -0.39 is 17.5 Å². The predicted octanol–water partition coefficient (Wildman–Crippen LogP) is 3.19. The monoisotopic (exact) mass is 348 g/mol. The third kappa shape index (κ3) is 3.76. The van der Waals surface area contributed by atoms with Crippen LogP contribution in [-0.2, 0) is 4.74 Å². The van der Waals surface area contributed by atoms with Crippen molar-refractivity contribution in [3.63, 3.8) is 0 Å². The minimum Gasteiger partial charge on any atom is -0.496 e. The molecule has 1 aromatic carbocycles. The molecular weight excluding hydrogens is 330 g/mol. The smallest absolute Gasteiger partial charge is 0.263 e. The van der Waals surface area contributed by atoms with Crippen LogP contribution in [0.3, 0.4) is 0 Å². The van der Waals surface area contributed by atoms with Gasteiger partial charge in [-0.3, -0.25) is 9.69 Å². The molecule has 1 aromatic heterocycles. The Hall–Kier alpha value is -2.54. The summed E-state index contributed by atoms with van der Waals surface area (Å²) in [6.07, 6.45) is 2.28. The summed E-state index contributed by atoms with van der Waals surface area (Å²) in [6, 6.07) is 6.27. The van der Waals surface area contributed by atoms with Crippen LogP contribution in [-0.4, -0.2) is 37.3 Å². The molecule has 0 radical (unpaired) electrons. The lowest BCUT2D eigenvalue weighted by Crippen LogP contribution is -2.44. The summed E-state index contributed by atoms with van der Waals surface area (Å²) in [5.74, 6) is -0.896. The van der Waals surface area contributed by atoms with Crippen molar-refractivity contribution in [1.29, 1.82) is 0 Å². The van der Waals surface area contributed by atoms with E-state index in [4.69, 9.17) is 9.47 Å². The fraction of sp³-hybridized carbons (Fsp3) is 0.333. The second-order valence-corrected chi connectivity index (χ2v) is 5.70. The Balaban J connectivity index is 2.02. The zero-order valence-electron chi connectivity index (χ0n) is 13.7. The fourth-order valence-electron chi connectivity index (χ4n) is 2.89. The molecule has 25 heavy (non-hydrogen) atoms. The van der Waals surface area contributed by atoms with E-state index in [1.165, 1.54) is 36.3 Å². The Morgan fingerprint density at radius 2 is 1.92 bits per heavy atom. The van der Waals surface area contributed by atoms with Gasteiger partial charge in [0.2, 0.25) is 0 Å². The summed E-state index contributed by atoms with van der Waals surface area (Å²) < 4.78 is 37.5. The molecule has 0 atom stereocenters. The Kier molecular flexibility index (Phi) is 5.23. The van der Waals surface area contributed by atoms with Crippen molar-refractivity contribution in [1.82, 2.24) is 4.98 Å². The third-order valence-electron chi connectivity index (χ3n) is 4.13. The van der Waals surface area contributed by atoms with Crippen LogP contribution in [0.2, 0.25) is 0 Å². The highest BCUT2D eigenvalue weighted by Gasteiger charge is 2.30. The van der Waals surface area contributed by atoms with E-state index in [9.17, 15) is 13.6 Å². The minimum atomic E-state index is -0.539. The van der Waals surface area contributed by atoms with E-state index in [0.717, 1.165) is 12.3 Å². The number of halogens is 2. The number of carbonyl (C=O) groups is 1. The van der Waals surface area contributed by atoms with Gasteiger partial charge in [-0.1, -0.05) is 0 Å². The summed E-state index contributed by atoms with van der Waals surface area (Å²) in [5, 5.41) is 0. The molecule has 0 unspecified atom stereocenters. The first-order valence-corrected chi connectivity index (χ1v) is 7.96. The molecule has 0 aliphatic carbocycles. The van der Waals surface area contributed by atoms with Crippen LogP contribution in [0.1, 0.15) is 23.2 Å². The van der Waals surface area contributed by atoms with Gasteiger partial charge in [0.25, 0.3) is 5.91 Å². The van der Waals surface area contributed by atoms with Crippen LogP contribution in [0.25, 0.3) is 0 Å². The first-order chi connectivity index (χ1) is 12.1. The molecule has 1 aliphatic rings. The first-order valence-electron chi connectivity index (χ1n) is 7.96. The SMILES string of the molecule is COc1ccc(F)cc1C(=O)N(c1ccc(F)cn1)C1CCOCC1. The molecule has 0 saturated carbocycles. The third-order valence-corrected chi connectivity index (χ3v) is 4.13. The van der Waals surface area contributed by atoms with E-state index in [1.54, 1.807) is 0 Å². The Labute approximate surface area is 144 Å². The molecule has 1 fully saturated rings. The van der Waals surface area contributed by atoms with Crippen LogP contribution >= 0.6 is 0 Å². The van der Waals surface area contributed by atoms with Crippen molar-refractivity contribution in [3.8, 4) is 5.75 Å². The maximum Gasteiger partial charge on any atom is 0.263 e. The van der Waals surface area contributed by atoms with Crippen molar-refractivity contribution >= 4 is 11.7 Å². The predicted molar refractivity (Wildman–Crippen MR) is 87.8 cm³/mol. The van der Waals surface area contributed by atoms with E-state index >= 15 is 0 Å². The summed E-state index contributed by atoms with van der Waals surface area (Å²) in [7, 11) is 1.42. The number of pyridine rings is 1. The van der Waals surface area contributed by atoms with Crippen LogP contribution in [0.5, 0.6) is 5.75 Å². The lowest BCUT2D eigenvalue weighted by Gasteiger charge is -2.33. The molecule has 2 heterocycles. The molecule has 3 rings (SSSR count). The molecule has 2 aromatic rings. The number of hydrogen-bond acceptors (Lipinski definition) is 4. The van der Waals surface area contributed by atoms with Crippen molar-refractivity contribution in [3.05, 3.63) is 53.7 Å². The van der Waals surface area contributed by atoms with Gasteiger partial charge >= 0.3 is 0 Å². The van der Waals surface area contributed by atoms with Crippen LogP contribution < -0.4 is 9.64 Å². The van der Waals surface area contributed by atoms with Crippen LogP contribution in [0, 0.1) is 11.6 Å². The highest BCUT2D eigenvalue weighted by Crippen LogP contribution is 2.28. The molecule has 0 bridgehead atoms. The maximum atomic E-state index is 13.7. The van der Waals surface area contributed by atoms with E-state index in [-0.39, 0.29) is 17.4 Å². The summed E-state index contributed by atoms with van der Waals surface area (Å²) in [5.41, 5.74) is 0.0973. The molecule has 1 aliphatic heterocycles. The quantitative estimate of drug-likeness (QED) is 0.851. The van der Waals surface area contributed by atoms with Gasteiger partial charge in [-0.2, -0.15) is 0 Å². The topological polar surface area (TPSA) is 51.7 Å². The van der Waals surface area contributed by atoms with Gasteiger partial charge in [0, 0.05) is 19.3 Å². The summed E-state index contributed by atoms with van der Waals surface area (Å²) in [6.45, 7) is 1.02. The molecule has 7 heteroatoms. The lowest BCUT2D eigenvalue weighted by molar-refractivity contribution is 0.0769. The Morgan fingerprint density at radius 3 is 2.56 bits per heavy atom. The Bertz CT molecular complexity index is 746. The molecule has 0 N–H and O–H groups in total. The number of hydrogen-bond donors (Lipinski definition) is 0. The normalized spacial score (nSPS) is 15.0. The Morgan fingerprint density at radius 1 is 1.20 bits per heavy atom. The van der Waals surface area contributed by atoms with Gasteiger partial charge in [0.1, 0.15) is 23.2 Å². The first kappa shape index (κ1) is 17.3. The zero-order chi connectivity index (χ0) is 17.8. The summed E-state index contributed by atoms with van der Waals surface area (Å²) >= 11 is 0. The van der Waals surface area contributed by atoms with Gasteiger partial charge in [0.15, 0.2) is 0 Å². The second kappa shape index (κ2) is 7.57. The fourth-order valence-corrected chi connectivity index (χ4v) is 2.89. The molecule has 1 amide bonds. The largest absolute Gasteiger partial charge is 0.496 e. The van der Waals surface area contributed by atoms with Crippen molar-refractivity contribution in [2.75, 3.05) is 25.2 Å². The van der Waals surface area contributed by atoms with E-state index in [1.807, 2.05) is 0 Å². The average Bonchev–Trinajstić information content (AvgIpc) is 2.64. The van der Waals surface area contributed by atoms with Gasteiger partial charge < -0.3 is 9.47 Å². The number of rotatable bonds is 4. The maximum absolute atomic E-state index is 13.7. The second-order valence-electron chi connectivity index (χ2n) is 5.70. The highest BCUT2D eigenvalue weighted by molar-refractivity contribution is 6.07. The standard InChI is InChI=1S/C18H18F2N2O3/c1-24-16-4-2-12(19)10-15(16)18(23)22(14-6-8-25-9-7-14)17-5-3-13(20)11-21-17/h2-5,10-11,14H,6-9H2,1H3. The zero-order valence-corrected chi connectivity index (χ0v) is 13.7. The molecule has 132 valence electrons. The molecule has 1 saturated heterocycles. The number of amides is 1. The van der Waals surface area contributed by atoms with Crippen LogP contribution in [0.4, 0.5) is 14.6 Å². The molecule has 0 spiro atoms. The number of benzene rings is 1. The van der Waals surface area contributed by atoms with Gasteiger partial charge in [-0.05, 0) is 43.2 Å². The average molecular weight is 348 g/mol. The van der Waals surface area contributed by atoms with Gasteiger partial charge in [-0.15, -0.1) is 0 Å². The van der Waals surface area contributed by atoms with Gasteiger partial charge in [-0.25, -0.2) is 13.8 Å². The summed E-state index contributed by atoms with van der Waals surface area (Å²) in [4.78, 5) is 18.7. The molecule has 5 nitrogen and oxygen atoms in total. The number of aromatic nitrogens is 1. The minimum absolute atomic E-state index is 0.0973. The van der Waals surface area contributed by atoms with Crippen molar-refractivity contribution in [2.24, 2.45) is 0 Å². The van der Waals surface area contributed by atoms with Crippen LogP contribution in [0.15, 0.2) is 36.5 Å². The molecular formula is C18H18F2N2O3. The van der Waals surface area contributed by atoms with Crippen molar-refractivity contribution < 1.29 is 23.0 Å². The van der Waals surface area contributed by atoms with E-state index in [0.29, 0.717) is 31.9 Å². The van der Waals surface area contributed by atoms with Gasteiger partial charge in [0.05, 0.1) is 18.9 Å². The number of ether oxygens (including phenoxy) is 2. The number of methoxy groups -OCH3 is 1. The highest BCUT2D eigenvalue weighted by atomic mass is 19.1.